The van der Waals surface area contributed by atoms with Crippen molar-refractivity contribution in [1.29, 1.82) is 0 Å². The number of likely N-dealkylation sites (tertiary alicyclic amines) is 1. The van der Waals surface area contributed by atoms with Crippen LogP contribution in [0.1, 0.15) is 17.0 Å². The summed E-state index contributed by atoms with van der Waals surface area (Å²) in [5.41, 5.74) is 0. The number of sulfone groups is 1. The maximum absolute atomic E-state index is 12.3. The number of carbonyl (C=O) groups is 1. The number of rotatable bonds is 3. The highest BCUT2D eigenvalue weighted by Gasteiger charge is 2.62. The Kier molecular flexibility index (Phi) is 3.13. The van der Waals surface area contributed by atoms with Gasteiger partial charge in [-0.2, -0.15) is 0 Å². The normalized spacial score (nSPS) is 26.6. The van der Waals surface area contributed by atoms with E-state index in [2.05, 4.69) is 0 Å². The Hall–Kier alpha value is -1.34. The Morgan fingerprint density at radius 3 is 2.90 bits per heavy atom. The van der Waals surface area contributed by atoms with Gasteiger partial charge in [0.05, 0.1) is 18.6 Å². The molecule has 0 unspecified atom stereocenters. The quantitative estimate of drug-likeness (QED) is 0.815. The van der Waals surface area contributed by atoms with Gasteiger partial charge in [0, 0.05) is 26.1 Å². The lowest BCUT2D eigenvalue weighted by atomic mass is 9.83. The molecule has 3 heterocycles. The minimum atomic E-state index is -3.16. The molecular formula is C13H17NO5S. The number of amides is 1. The molecule has 0 saturated carbocycles. The van der Waals surface area contributed by atoms with Crippen LogP contribution in [-0.4, -0.2) is 56.5 Å². The summed E-state index contributed by atoms with van der Waals surface area (Å²) in [6.07, 6.45) is 2.04. The van der Waals surface area contributed by atoms with Crippen LogP contribution in [0.4, 0.5) is 0 Å². The topological polar surface area (TPSA) is 76.8 Å². The Morgan fingerprint density at radius 1 is 1.55 bits per heavy atom. The number of furan rings is 1. The number of hydrogen-bond donors (Lipinski definition) is 0. The molecule has 0 radical (unpaired) electrons. The van der Waals surface area contributed by atoms with E-state index in [1.54, 1.807) is 19.2 Å². The molecule has 20 heavy (non-hydrogen) atoms. The van der Waals surface area contributed by atoms with Gasteiger partial charge in [-0.1, -0.05) is 0 Å². The highest BCUT2D eigenvalue weighted by molar-refractivity contribution is 7.93. The van der Waals surface area contributed by atoms with Crippen molar-refractivity contribution in [2.24, 2.45) is 5.92 Å². The van der Waals surface area contributed by atoms with Gasteiger partial charge in [0.25, 0.3) is 5.91 Å². The Bertz CT molecular complexity index is 601. The first-order valence-electron chi connectivity index (χ1n) is 6.54. The van der Waals surface area contributed by atoms with Crippen molar-refractivity contribution in [2.45, 2.75) is 11.2 Å². The summed E-state index contributed by atoms with van der Waals surface area (Å²) < 4.78 is 34.0. The average molecular weight is 299 g/mol. The third-order valence-electron chi connectivity index (χ3n) is 4.40. The lowest BCUT2D eigenvalue weighted by Gasteiger charge is -2.49. The molecule has 1 aromatic heterocycles. The van der Waals surface area contributed by atoms with E-state index in [0.29, 0.717) is 13.0 Å². The van der Waals surface area contributed by atoms with Crippen LogP contribution in [0.25, 0.3) is 0 Å². The van der Waals surface area contributed by atoms with Crippen molar-refractivity contribution in [3.8, 4) is 0 Å². The van der Waals surface area contributed by atoms with E-state index in [1.807, 2.05) is 0 Å². The third kappa shape index (κ3) is 1.80. The highest BCUT2D eigenvalue weighted by Crippen LogP contribution is 2.45. The van der Waals surface area contributed by atoms with Crippen molar-refractivity contribution in [2.75, 3.05) is 32.6 Å². The van der Waals surface area contributed by atoms with Crippen LogP contribution in [0.15, 0.2) is 22.8 Å². The fraction of sp³-hybridized carbons (Fsp3) is 0.615. The summed E-state index contributed by atoms with van der Waals surface area (Å²) in [7, 11) is -1.59. The fourth-order valence-electron chi connectivity index (χ4n) is 3.21. The summed E-state index contributed by atoms with van der Waals surface area (Å²) in [5.74, 6) is 0.152. The Balaban J connectivity index is 1.78. The standard InChI is InChI=1S/C13H17NO5S/c1-18-7-10-4-6-20(16,17)13(10)8-14(9-13)12(15)11-3-2-5-19-11/h2-3,5,10H,4,6-9H2,1H3/t10-/m1/s1. The monoisotopic (exact) mass is 299 g/mol. The molecule has 2 aliphatic heterocycles. The second-order valence-electron chi connectivity index (χ2n) is 5.46. The Labute approximate surface area is 117 Å². The van der Waals surface area contributed by atoms with E-state index >= 15 is 0 Å². The molecule has 110 valence electrons. The van der Waals surface area contributed by atoms with Crippen LogP contribution in [0.3, 0.4) is 0 Å². The second kappa shape index (κ2) is 4.60. The van der Waals surface area contributed by atoms with Crippen molar-refractivity contribution in [3.63, 3.8) is 0 Å². The summed E-state index contributed by atoms with van der Waals surface area (Å²) in [4.78, 5) is 13.6. The van der Waals surface area contributed by atoms with Crippen LogP contribution in [-0.2, 0) is 14.6 Å². The van der Waals surface area contributed by atoms with Crippen LogP contribution in [0.5, 0.6) is 0 Å². The minimum absolute atomic E-state index is 0.0295. The lowest BCUT2D eigenvalue weighted by Crippen LogP contribution is -2.68. The molecule has 0 N–H and O–H groups in total. The first-order chi connectivity index (χ1) is 9.50. The zero-order valence-corrected chi connectivity index (χ0v) is 12.1. The lowest BCUT2D eigenvalue weighted by molar-refractivity contribution is 0.0312. The number of hydrogen-bond acceptors (Lipinski definition) is 5. The van der Waals surface area contributed by atoms with Crippen LogP contribution in [0.2, 0.25) is 0 Å². The number of carbonyl (C=O) groups excluding carboxylic acids is 1. The molecule has 0 bridgehead atoms. The molecule has 2 fully saturated rings. The largest absolute Gasteiger partial charge is 0.459 e. The van der Waals surface area contributed by atoms with Crippen molar-refractivity contribution >= 4 is 15.7 Å². The smallest absolute Gasteiger partial charge is 0.289 e. The molecule has 3 rings (SSSR count). The van der Waals surface area contributed by atoms with Crippen molar-refractivity contribution in [3.05, 3.63) is 24.2 Å². The fourth-order valence-corrected chi connectivity index (χ4v) is 5.61. The molecule has 1 amide bonds. The molecular weight excluding hydrogens is 282 g/mol. The molecule has 0 aliphatic carbocycles. The van der Waals surface area contributed by atoms with Gasteiger partial charge in [-0.25, -0.2) is 8.42 Å². The SMILES string of the molecule is COC[C@H]1CCS(=O)(=O)C12CN(C(=O)c1ccco1)C2. The number of ether oxygens (including phenoxy) is 1. The molecule has 1 atom stereocenters. The first-order valence-corrected chi connectivity index (χ1v) is 8.19. The minimum Gasteiger partial charge on any atom is -0.459 e. The van der Waals surface area contributed by atoms with Gasteiger partial charge >= 0.3 is 0 Å². The van der Waals surface area contributed by atoms with Crippen LogP contribution >= 0.6 is 0 Å². The van der Waals surface area contributed by atoms with Gasteiger partial charge in [-0.3, -0.25) is 4.79 Å². The van der Waals surface area contributed by atoms with Crippen molar-refractivity contribution < 1.29 is 22.4 Å². The highest BCUT2D eigenvalue weighted by atomic mass is 32.2. The maximum Gasteiger partial charge on any atom is 0.289 e. The second-order valence-corrected chi connectivity index (χ2v) is 7.91. The van der Waals surface area contributed by atoms with E-state index in [-0.39, 0.29) is 36.4 Å². The summed E-state index contributed by atoms with van der Waals surface area (Å²) in [6.45, 7) is 0.897. The van der Waals surface area contributed by atoms with E-state index < -0.39 is 14.6 Å². The predicted octanol–water partition coefficient (Wildman–Crippen LogP) is 0.555. The van der Waals surface area contributed by atoms with E-state index in [0.717, 1.165) is 0 Å². The van der Waals surface area contributed by atoms with Gasteiger partial charge in [0.2, 0.25) is 0 Å². The number of nitrogens with zero attached hydrogens (tertiary/aromatic N) is 1. The summed E-state index contributed by atoms with van der Waals surface area (Å²) in [6, 6.07) is 3.23. The van der Waals surface area contributed by atoms with Crippen molar-refractivity contribution in [1.82, 2.24) is 4.90 Å². The van der Waals surface area contributed by atoms with Crippen LogP contribution in [0, 0.1) is 5.92 Å². The Morgan fingerprint density at radius 2 is 2.30 bits per heavy atom. The molecule has 7 heteroatoms. The van der Waals surface area contributed by atoms with E-state index in [9.17, 15) is 13.2 Å². The molecule has 1 spiro atoms. The van der Waals surface area contributed by atoms with E-state index in [4.69, 9.17) is 9.15 Å². The van der Waals surface area contributed by atoms with Crippen LogP contribution < -0.4 is 0 Å². The molecule has 2 aliphatic rings. The van der Waals surface area contributed by atoms with Gasteiger partial charge < -0.3 is 14.1 Å². The van der Waals surface area contributed by atoms with Gasteiger partial charge in [-0.15, -0.1) is 0 Å². The zero-order chi connectivity index (χ0) is 14.4. The molecule has 1 aromatic rings. The number of methoxy groups -OCH3 is 1. The third-order valence-corrected chi connectivity index (χ3v) is 7.01. The van der Waals surface area contributed by atoms with Gasteiger partial charge in [0.15, 0.2) is 15.6 Å². The molecule has 6 nitrogen and oxygen atoms in total. The first kappa shape index (κ1) is 13.6. The maximum atomic E-state index is 12.3. The van der Waals surface area contributed by atoms with Gasteiger partial charge in [-0.05, 0) is 18.6 Å². The van der Waals surface area contributed by atoms with E-state index in [1.165, 1.54) is 11.2 Å². The van der Waals surface area contributed by atoms with Gasteiger partial charge in [0.1, 0.15) is 4.75 Å². The molecule has 2 saturated heterocycles. The average Bonchev–Trinajstić information content (AvgIpc) is 2.94. The molecule has 0 aromatic carbocycles. The zero-order valence-electron chi connectivity index (χ0n) is 11.2. The summed E-state index contributed by atoms with van der Waals surface area (Å²) >= 11 is 0. The predicted molar refractivity (Wildman–Crippen MR) is 71.1 cm³/mol. The summed E-state index contributed by atoms with van der Waals surface area (Å²) in [5, 5.41) is 0.